The van der Waals surface area contributed by atoms with Gasteiger partial charge in [0.2, 0.25) is 33.7 Å². The molecule has 3 aliphatic heterocycles. The van der Waals surface area contributed by atoms with E-state index in [-0.39, 0.29) is 32.4 Å². The fraction of sp³-hybridized carbons (Fsp3) is 0.629. The Bertz CT molecular complexity index is 1860. The second kappa shape index (κ2) is 13.5. The van der Waals surface area contributed by atoms with E-state index in [1.165, 1.54) is 17.1 Å². The summed E-state index contributed by atoms with van der Waals surface area (Å²) in [5.74, 6) is -8.96. The van der Waals surface area contributed by atoms with Gasteiger partial charge < -0.3 is 20.3 Å². The van der Waals surface area contributed by atoms with Gasteiger partial charge in [-0.1, -0.05) is 36.4 Å². The number of carbonyl (C=O) groups is 5. The molecule has 3 heterocycles. The first-order valence-corrected chi connectivity index (χ1v) is 19.5. The van der Waals surface area contributed by atoms with Gasteiger partial charge in [-0.05, 0) is 56.1 Å². The van der Waals surface area contributed by atoms with Crippen molar-refractivity contribution in [1.29, 1.82) is 0 Å². The molecule has 3 N–H and O–H groups in total. The van der Waals surface area contributed by atoms with Crippen molar-refractivity contribution < 1.29 is 59.1 Å². The van der Waals surface area contributed by atoms with Crippen molar-refractivity contribution in [3.8, 4) is 0 Å². The lowest BCUT2D eigenvalue weighted by Crippen LogP contribution is -2.59. The molecule has 13 nitrogen and oxygen atoms in total. The molecule has 7 rings (SSSR count). The van der Waals surface area contributed by atoms with E-state index in [4.69, 9.17) is 4.74 Å². The van der Waals surface area contributed by atoms with Gasteiger partial charge in [-0.3, -0.25) is 28.8 Å². The summed E-state index contributed by atoms with van der Waals surface area (Å²) < 4.78 is 105. The normalized spacial score (nSPS) is 31.1. The fourth-order valence-corrected chi connectivity index (χ4v) is 8.94. The lowest BCUT2D eigenvalue weighted by molar-refractivity contribution is -0.193. The van der Waals surface area contributed by atoms with Gasteiger partial charge >= 0.3 is 12.3 Å². The Balaban J connectivity index is 1.18. The topological polar surface area (TPSA) is 171 Å². The highest BCUT2D eigenvalue weighted by Crippen LogP contribution is 2.58. The van der Waals surface area contributed by atoms with Crippen LogP contribution in [0.15, 0.2) is 36.4 Å². The number of benzene rings is 1. The molecule has 5 amide bonds. The average molecular weight is 786 g/mol. The van der Waals surface area contributed by atoms with Gasteiger partial charge in [0.05, 0.1) is 11.8 Å². The molecule has 5 atom stereocenters. The van der Waals surface area contributed by atoms with Gasteiger partial charge in [0, 0.05) is 38.3 Å². The molecule has 1 aromatic carbocycles. The Kier molecular flexibility index (Phi) is 9.48. The Morgan fingerprint density at radius 1 is 0.944 bits per heavy atom. The number of hydrogen-bond donors (Lipinski definition) is 3. The number of amides is 5. The standard InChI is InChI=1S/C35H40F5N5O8S/c36-33(37)11-4-3-7-22-16-34(22,30(49)43-54(51,52)24-8-9-24)42-27(46)26-15-23(53-31(50)44-17-20-5-1-2-6-21(20)18-44)19-45(26)28(47)25(10-12-33)41-29(48)32(13-14-32)35(38,39)40/h1-3,5-7,22-26H,4,8-19H2,(H,41,48)(H,42,46)(H,43,49)/b7-3-/t22-,23+,25-,26-,34+/m0/s1. The molecular weight excluding hydrogens is 745 g/mol. The van der Waals surface area contributed by atoms with E-state index in [1.807, 2.05) is 16.9 Å². The SMILES string of the molecule is O=C1N[C@]2(C(=O)NS(=O)(=O)C3CC3)C[C@@H]2/C=C\CCC(F)(F)CC[C@H](NC(=O)C2(C(F)(F)F)CC2)C(=O)N2C[C@H](OC(=O)N3Cc4ccccc4C3)C[C@@H]12. The van der Waals surface area contributed by atoms with Crippen LogP contribution in [0.2, 0.25) is 0 Å². The number of allylic oxidation sites excluding steroid dienone is 1. The summed E-state index contributed by atoms with van der Waals surface area (Å²) in [6, 6.07) is 3.81. The molecule has 0 aromatic heterocycles. The molecule has 3 aliphatic carbocycles. The predicted octanol–water partition coefficient (Wildman–Crippen LogP) is 3.18. The van der Waals surface area contributed by atoms with Crippen molar-refractivity contribution in [2.75, 3.05) is 6.54 Å². The van der Waals surface area contributed by atoms with Crippen LogP contribution in [0.3, 0.4) is 0 Å². The first kappa shape index (κ1) is 38.0. The molecule has 4 fully saturated rings. The molecule has 294 valence electrons. The second-order valence-electron chi connectivity index (χ2n) is 15.3. The summed E-state index contributed by atoms with van der Waals surface area (Å²) in [6.45, 7) is -0.0586. The summed E-state index contributed by atoms with van der Waals surface area (Å²) in [4.78, 5) is 70.6. The molecule has 6 aliphatic rings. The molecule has 0 radical (unpaired) electrons. The van der Waals surface area contributed by atoms with Crippen molar-refractivity contribution >= 4 is 39.7 Å². The van der Waals surface area contributed by atoms with Crippen molar-refractivity contribution in [3.63, 3.8) is 0 Å². The Morgan fingerprint density at radius 3 is 2.22 bits per heavy atom. The monoisotopic (exact) mass is 785 g/mol. The van der Waals surface area contributed by atoms with Gasteiger partial charge in [0.15, 0.2) is 0 Å². The van der Waals surface area contributed by atoms with Crippen molar-refractivity contribution in [2.24, 2.45) is 11.3 Å². The first-order chi connectivity index (χ1) is 25.3. The lowest BCUT2D eigenvalue weighted by Gasteiger charge is -2.31. The number of ether oxygens (including phenoxy) is 1. The van der Waals surface area contributed by atoms with Gasteiger partial charge in [-0.2, -0.15) is 13.2 Å². The number of rotatable bonds is 6. The number of sulfonamides is 1. The Hall–Kier alpha value is -4.29. The number of nitrogens with zero attached hydrogens (tertiary/aromatic N) is 2. The number of fused-ring (bicyclic) bond motifs is 3. The third-order valence-electron chi connectivity index (χ3n) is 11.4. The number of nitrogens with one attached hydrogen (secondary N) is 3. The van der Waals surface area contributed by atoms with E-state index in [9.17, 15) is 45.6 Å². The summed E-state index contributed by atoms with van der Waals surface area (Å²) in [6.07, 6.45) is -7.74. The number of halogens is 5. The minimum absolute atomic E-state index is 0.0928. The van der Waals surface area contributed by atoms with Crippen molar-refractivity contribution in [1.82, 2.24) is 25.2 Å². The van der Waals surface area contributed by atoms with Crippen LogP contribution in [0, 0.1) is 11.3 Å². The molecule has 54 heavy (non-hydrogen) atoms. The summed E-state index contributed by atoms with van der Waals surface area (Å²) in [5, 5.41) is 3.85. The quantitative estimate of drug-likeness (QED) is 0.292. The van der Waals surface area contributed by atoms with Crippen LogP contribution in [0.4, 0.5) is 26.7 Å². The molecule has 19 heteroatoms. The van der Waals surface area contributed by atoms with Gasteiger partial charge in [-0.25, -0.2) is 22.0 Å². The van der Waals surface area contributed by atoms with Crippen LogP contribution in [0.1, 0.15) is 75.3 Å². The van der Waals surface area contributed by atoms with Gasteiger partial charge in [0.25, 0.3) is 5.91 Å². The van der Waals surface area contributed by atoms with Crippen LogP contribution in [0.25, 0.3) is 0 Å². The number of carbonyl (C=O) groups excluding carboxylic acids is 5. The molecule has 3 saturated carbocycles. The fourth-order valence-electron chi connectivity index (χ4n) is 7.57. The molecular formula is C35H40F5N5O8S. The zero-order chi connectivity index (χ0) is 38.8. The van der Waals surface area contributed by atoms with Gasteiger partial charge in [0.1, 0.15) is 29.1 Å². The zero-order valence-corrected chi connectivity index (χ0v) is 29.8. The largest absolute Gasteiger partial charge is 0.444 e. The minimum Gasteiger partial charge on any atom is -0.444 e. The lowest BCUT2D eigenvalue weighted by atomic mass is 10.00. The smallest absolute Gasteiger partial charge is 0.410 e. The van der Waals surface area contributed by atoms with E-state index >= 15 is 8.78 Å². The summed E-state index contributed by atoms with van der Waals surface area (Å²) in [7, 11) is -4.08. The van der Waals surface area contributed by atoms with Crippen molar-refractivity contribution in [3.05, 3.63) is 47.5 Å². The maximum Gasteiger partial charge on any atom is 0.410 e. The van der Waals surface area contributed by atoms with Crippen LogP contribution >= 0.6 is 0 Å². The maximum absolute atomic E-state index is 15.2. The highest BCUT2D eigenvalue weighted by molar-refractivity contribution is 7.91. The van der Waals surface area contributed by atoms with Crippen LogP contribution in [-0.4, -0.2) is 95.6 Å². The molecule has 0 unspecified atom stereocenters. The molecule has 0 spiro atoms. The van der Waals surface area contributed by atoms with E-state index in [0.717, 1.165) is 16.0 Å². The highest BCUT2D eigenvalue weighted by atomic mass is 32.2. The maximum atomic E-state index is 15.2. The highest BCUT2D eigenvalue weighted by Gasteiger charge is 2.69. The summed E-state index contributed by atoms with van der Waals surface area (Å²) in [5.41, 5.74) is -2.86. The molecule has 0 bridgehead atoms. The third-order valence-corrected chi connectivity index (χ3v) is 13.2. The van der Waals surface area contributed by atoms with E-state index in [0.29, 0.717) is 12.8 Å². The average Bonchev–Trinajstić information content (AvgIpc) is 4.03. The zero-order valence-electron chi connectivity index (χ0n) is 29.0. The molecule has 1 saturated heterocycles. The predicted molar refractivity (Wildman–Crippen MR) is 177 cm³/mol. The van der Waals surface area contributed by atoms with E-state index in [1.54, 1.807) is 12.1 Å². The van der Waals surface area contributed by atoms with Crippen LogP contribution in [-0.2, 0) is 47.0 Å². The Morgan fingerprint density at radius 2 is 1.61 bits per heavy atom. The second-order valence-corrected chi connectivity index (χ2v) is 17.2. The number of hydrogen-bond acceptors (Lipinski definition) is 8. The van der Waals surface area contributed by atoms with E-state index in [2.05, 4.69) is 10.6 Å². The minimum atomic E-state index is -4.97. The van der Waals surface area contributed by atoms with E-state index < -0.39 is 131 Å². The van der Waals surface area contributed by atoms with Crippen LogP contribution in [0.5, 0.6) is 0 Å². The summed E-state index contributed by atoms with van der Waals surface area (Å²) >= 11 is 0. The third kappa shape index (κ3) is 7.39. The Labute approximate surface area is 307 Å². The van der Waals surface area contributed by atoms with Crippen LogP contribution < -0.4 is 15.4 Å². The number of alkyl halides is 5. The van der Waals surface area contributed by atoms with Crippen molar-refractivity contribution in [2.45, 2.75) is 118 Å². The first-order valence-electron chi connectivity index (χ1n) is 18.0. The van der Waals surface area contributed by atoms with Gasteiger partial charge in [-0.15, -0.1) is 0 Å². The molecule has 1 aromatic rings.